The molecule has 0 amide bonds. The normalized spacial score (nSPS) is 16.2. The first-order valence-electron chi connectivity index (χ1n) is 7.65. The number of benzene rings is 2. The predicted molar refractivity (Wildman–Crippen MR) is 93.8 cm³/mol. The fourth-order valence-corrected chi connectivity index (χ4v) is 3.04. The van der Waals surface area contributed by atoms with Crippen molar-refractivity contribution in [3.63, 3.8) is 0 Å². The Morgan fingerprint density at radius 2 is 1.84 bits per heavy atom. The fourth-order valence-electron chi connectivity index (χ4n) is 2.62. The highest BCUT2D eigenvalue weighted by molar-refractivity contribution is 7.94. The zero-order valence-corrected chi connectivity index (χ0v) is 14.9. The van der Waals surface area contributed by atoms with Crippen LogP contribution in [0.15, 0.2) is 53.4 Å². The lowest BCUT2D eigenvalue weighted by Crippen LogP contribution is -2.29. The highest BCUT2D eigenvalue weighted by atomic mass is 32.2. The van der Waals surface area contributed by atoms with Crippen molar-refractivity contribution in [2.75, 3.05) is 7.11 Å². The number of hydrogen-bond donors (Lipinski definition) is 0. The number of halogens is 1. The molecule has 0 unspecified atom stereocenters. The maximum absolute atomic E-state index is 14.7. The summed E-state index contributed by atoms with van der Waals surface area (Å²) in [6, 6.07) is 13.7. The topological polar surface area (TPSA) is 44.8 Å². The minimum atomic E-state index is -1.04. The van der Waals surface area contributed by atoms with Gasteiger partial charge in [0, 0.05) is 4.90 Å². The quantitative estimate of drug-likeness (QED) is 0.441. The van der Waals surface area contributed by atoms with E-state index < -0.39 is 11.4 Å². The van der Waals surface area contributed by atoms with E-state index in [9.17, 15) is 9.18 Å². The summed E-state index contributed by atoms with van der Waals surface area (Å²) in [5.74, 6) is -0.421. The zero-order valence-electron chi connectivity index (χ0n) is 14.0. The lowest BCUT2D eigenvalue weighted by molar-refractivity contribution is -0.160. The number of rotatable bonds is 5. The Labute approximate surface area is 149 Å². The third-order valence-corrected chi connectivity index (χ3v) is 4.45. The molecule has 1 aliphatic heterocycles. The zero-order chi connectivity index (χ0) is 18.0. The van der Waals surface area contributed by atoms with Gasteiger partial charge in [-0.1, -0.05) is 30.3 Å². The summed E-state index contributed by atoms with van der Waals surface area (Å²) < 4.78 is 25.2. The summed E-state index contributed by atoms with van der Waals surface area (Å²) in [6.07, 6.45) is 0. The van der Waals surface area contributed by atoms with E-state index in [2.05, 4.69) is 4.89 Å². The van der Waals surface area contributed by atoms with Gasteiger partial charge in [0.2, 0.25) is 5.78 Å². The molecule has 0 aromatic heterocycles. The van der Waals surface area contributed by atoms with Crippen LogP contribution in [0.4, 0.5) is 4.39 Å². The van der Waals surface area contributed by atoms with E-state index in [4.69, 9.17) is 9.07 Å². The minimum Gasteiger partial charge on any atom is -0.478 e. The van der Waals surface area contributed by atoms with Crippen LogP contribution in [0.3, 0.4) is 0 Å². The van der Waals surface area contributed by atoms with Gasteiger partial charge in [-0.3, -0.25) is 4.79 Å². The second-order valence-electron chi connectivity index (χ2n) is 5.97. The third-order valence-electron chi connectivity index (χ3n) is 3.80. The van der Waals surface area contributed by atoms with E-state index >= 15 is 0 Å². The maximum atomic E-state index is 14.7. The standard InChI is InChI=1S/C19H17FO4S/c1-19(2)18(21)16(12-7-5-4-6-8-12)17(23-19)14-10-9-13(11-15(14)20)25-24-22-3/h4-11H,1-3H3. The Hall–Kier alpha value is -2.15. The van der Waals surface area contributed by atoms with Gasteiger partial charge in [-0.2, -0.15) is 4.33 Å². The molecule has 0 bridgehead atoms. The molecule has 4 nitrogen and oxygen atoms in total. The molecule has 0 saturated carbocycles. The maximum Gasteiger partial charge on any atom is 0.210 e. The molecule has 0 radical (unpaired) electrons. The largest absolute Gasteiger partial charge is 0.478 e. The molecule has 0 N–H and O–H groups in total. The van der Waals surface area contributed by atoms with Crippen molar-refractivity contribution in [2.45, 2.75) is 24.3 Å². The molecule has 0 fully saturated rings. The highest BCUT2D eigenvalue weighted by Crippen LogP contribution is 2.42. The van der Waals surface area contributed by atoms with Gasteiger partial charge in [-0.15, -0.1) is 0 Å². The van der Waals surface area contributed by atoms with Crippen LogP contribution < -0.4 is 0 Å². The van der Waals surface area contributed by atoms with Crippen LogP contribution >= 0.6 is 12.0 Å². The van der Waals surface area contributed by atoms with Crippen molar-refractivity contribution in [1.82, 2.24) is 0 Å². The van der Waals surface area contributed by atoms with Crippen LogP contribution in [-0.4, -0.2) is 18.5 Å². The van der Waals surface area contributed by atoms with Gasteiger partial charge in [-0.25, -0.2) is 9.28 Å². The van der Waals surface area contributed by atoms with Crippen LogP contribution in [0.5, 0.6) is 0 Å². The monoisotopic (exact) mass is 360 g/mol. The summed E-state index contributed by atoms with van der Waals surface area (Å²) in [4.78, 5) is 17.8. The van der Waals surface area contributed by atoms with Crippen molar-refractivity contribution in [2.24, 2.45) is 0 Å². The van der Waals surface area contributed by atoms with Crippen LogP contribution in [0.1, 0.15) is 25.0 Å². The molecule has 2 aromatic carbocycles. The van der Waals surface area contributed by atoms with Crippen LogP contribution in [-0.2, 0) is 18.8 Å². The molecule has 1 heterocycles. The second-order valence-corrected chi connectivity index (χ2v) is 6.75. The average Bonchev–Trinajstić information content (AvgIpc) is 2.83. The summed E-state index contributed by atoms with van der Waals surface area (Å²) in [5, 5.41) is 0. The van der Waals surface area contributed by atoms with Crippen molar-refractivity contribution in [3.8, 4) is 0 Å². The first-order chi connectivity index (χ1) is 11.9. The summed E-state index contributed by atoms with van der Waals surface area (Å²) in [5.41, 5.74) is 0.283. The number of hydrogen-bond acceptors (Lipinski definition) is 5. The molecule has 1 aliphatic rings. The van der Waals surface area contributed by atoms with Crippen molar-refractivity contribution < 1.29 is 23.1 Å². The number of carbonyl (C=O) groups is 1. The molecule has 0 aliphatic carbocycles. The summed E-state index contributed by atoms with van der Waals surface area (Å²) in [7, 11) is 1.37. The molecule has 25 heavy (non-hydrogen) atoms. The van der Waals surface area contributed by atoms with Crippen LogP contribution in [0, 0.1) is 5.82 Å². The van der Waals surface area contributed by atoms with E-state index in [0.717, 1.165) is 12.0 Å². The molecule has 2 aromatic rings. The Bertz CT molecular complexity index is 831. The lowest BCUT2D eigenvalue weighted by atomic mass is 9.92. The van der Waals surface area contributed by atoms with Gasteiger partial charge in [-0.05, 0) is 37.6 Å². The predicted octanol–water partition coefficient (Wildman–Crippen LogP) is 4.66. The minimum absolute atomic E-state index is 0.172. The van der Waals surface area contributed by atoms with E-state index in [1.807, 2.05) is 30.3 Å². The van der Waals surface area contributed by atoms with Crippen LogP contribution in [0.25, 0.3) is 11.3 Å². The van der Waals surface area contributed by atoms with Gasteiger partial charge in [0.1, 0.15) is 11.6 Å². The molecule has 6 heteroatoms. The summed E-state index contributed by atoms with van der Waals surface area (Å²) >= 11 is 0.897. The Kier molecular flexibility index (Phi) is 4.94. The molecule has 0 atom stereocenters. The van der Waals surface area contributed by atoms with E-state index in [1.54, 1.807) is 26.0 Å². The highest BCUT2D eigenvalue weighted by Gasteiger charge is 2.43. The van der Waals surface area contributed by atoms with Gasteiger partial charge in [0.25, 0.3) is 0 Å². The van der Waals surface area contributed by atoms with Crippen molar-refractivity contribution in [1.29, 1.82) is 0 Å². The van der Waals surface area contributed by atoms with Crippen molar-refractivity contribution >= 4 is 29.2 Å². The summed E-state index contributed by atoms with van der Waals surface area (Å²) in [6.45, 7) is 3.36. The van der Waals surface area contributed by atoms with E-state index in [-0.39, 0.29) is 17.1 Å². The Balaban J connectivity index is 2.09. The molecule has 0 spiro atoms. The smallest absolute Gasteiger partial charge is 0.210 e. The average molecular weight is 360 g/mol. The molecule has 0 saturated heterocycles. The second kappa shape index (κ2) is 7.00. The van der Waals surface area contributed by atoms with E-state index in [1.165, 1.54) is 13.2 Å². The van der Waals surface area contributed by atoms with E-state index in [0.29, 0.717) is 16.0 Å². The van der Waals surface area contributed by atoms with Crippen molar-refractivity contribution in [3.05, 3.63) is 65.5 Å². The van der Waals surface area contributed by atoms with Crippen LogP contribution in [0.2, 0.25) is 0 Å². The third kappa shape index (κ3) is 3.46. The molecule has 3 rings (SSSR count). The molecule has 130 valence electrons. The number of ether oxygens (including phenoxy) is 1. The van der Waals surface area contributed by atoms with Gasteiger partial charge in [0.15, 0.2) is 5.60 Å². The lowest BCUT2D eigenvalue weighted by Gasteiger charge is -2.18. The van der Waals surface area contributed by atoms with Gasteiger partial charge in [0.05, 0.1) is 30.3 Å². The number of Topliss-reactive ketones (excluding diaryl/α,β-unsaturated/α-hetero) is 1. The first-order valence-corrected chi connectivity index (χ1v) is 8.39. The first kappa shape index (κ1) is 17.7. The Morgan fingerprint density at radius 3 is 2.48 bits per heavy atom. The fraction of sp³-hybridized carbons (Fsp3) is 0.211. The Morgan fingerprint density at radius 1 is 1.12 bits per heavy atom. The SMILES string of the molecule is COOSc1ccc(C2=C(c3ccccc3)C(=O)C(C)(C)O2)c(F)c1. The number of ketones is 1. The van der Waals surface area contributed by atoms with Gasteiger partial charge >= 0.3 is 0 Å². The van der Waals surface area contributed by atoms with Gasteiger partial charge < -0.3 is 4.74 Å². The number of carbonyl (C=O) groups excluding carboxylic acids is 1. The molecular weight excluding hydrogens is 343 g/mol. The molecular formula is C19H17FO4S.